The van der Waals surface area contributed by atoms with Crippen molar-refractivity contribution in [3.63, 3.8) is 0 Å². The van der Waals surface area contributed by atoms with E-state index in [2.05, 4.69) is 31.4 Å². The van der Waals surface area contributed by atoms with Crippen molar-refractivity contribution in [1.82, 2.24) is 15.2 Å². The topological polar surface area (TPSA) is 80.4 Å². The summed E-state index contributed by atoms with van der Waals surface area (Å²) in [6, 6.07) is 16.4. The van der Waals surface area contributed by atoms with Crippen LogP contribution in [-0.2, 0) is 11.3 Å². The fraction of sp³-hybridized carbons (Fsp3) is 0.190. The van der Waals surface area contributed by atoms with Crippen LogP contribution in [-0.4, -0.2) is 64.5 Å². The summed E-state index contributed by atoms with van der Waals surface area (Å²) in [4.78, 5) is 32.3. The summed E-state index contributed by atoms with van der Waals surface area (Å²) in [6.07, 6.45) is 1.68. The molecule has 0 spiro atoms. The third-order valence-corrected chi connectivity index (χ3v) is 5.50. The molecule has 2 aromatic carbocycles. The number of benzene rings is 2. The maximum Gasteiger partial charge on any atom is 0.414 e. The van der Waals surface area contributed by atoms with E-state index in [0.717, 1.165) is 20.5 Å². The summed E-state index contributed by atoms with van der Waals surface area (Å²) in [5, 5.41) is 4.28. The quantitative estimate of drug-likeness (QED) is 0.425. The molecule has 1 atom stereocenters. The molecule has 0 saturated carbocycles. The lowest BCUT2D eigenvalue weighted by molar-refractivity contribution is -0.553. The molecule has 2 aliphatic heterocycles. The molecule has 1 unspecified atom stereocenters. The van der Waals surface area contributed by atoms with Gasteiger partial charge in [0.25, 0.3) is 5.91 Å². The van der Waals surface area contributed by atoms with Gasteiger partial charge in [-0.1, -0.05) is 63.4 Å². The lowest BCUT2D eigenvalue weighted by Gasteiger charge is -2.31. The molecule has 2 aromatic rings. The predicted molar refractivity (Wildman–Crippen MR) is 117 cm³/mol. The van der Waals surface area contributed by atoms with Crippen LogP contribution < -0.4 is 5.43 Å². The van der Waals surface area contributed by atoms with Crippen LogP contribution in [0.5, 0.6) is 0 Å². The van der Waals surface area contributed by atoms with Crippen LogP contribution >= 0.6 is 15.9 Å². The van der Waals surface area contributed by atoms with Gasteiger partial charge in [-0.2, -0.15) is 5.43 Å². The molecule has 4 rings (SSSR count). The lowest BCUT2D eigenvalue weighted by Crippen LogP contribution is -2.61. The van der Waals surface area contributed by atoms with Crippen LogP contribution in [0.25, 0.3) is 0 Å². The maximum absolute atomic E-state index is 12.9. The van der Waals surface area contributed by atoms with E-state index in [4.69, 9.17) is 0 Å². The number of likely N-dealkylation sites (N-methyl/N-ethyl adjacent to an activating group) is 2. The molecule has 1 N–H and O–H groups in total. The number of aliphatic imine (C=N–C) groups is 1. The van der Waals surface area contributed by atoms with Crippen molar-refractivity contribution in [3.8, 4) is 0 Å². The predicted octanol–water partition coefficient (Wildman–Crippen LogP) is 2.25. The van der Waals surface area contributed by atoms with Crippen molar-refractivity contribution in [2.75, 3.05) is 14.1 Å². The Bertz CT molecular complexity index is 1080. The monoisotopic (exact) mass is 467 g/mol. The minimum atomic E-state index is -0.698. The Morgan fingerprint density at radius 2 is 1.80 bits per heavy atom. The van der Waals surface area contributed by atoms with Gasteiger partial charge in [0.15, 0.2) is 0 Å². The molecular weight excluding hydrogens is 448 g/mol. The molecule has 2 heterocycles. The number of nitrogens with one attached hydrogen (secondary N) is 1. The summed E-state index contributed by atoms with van der Waals surface area (Å²) in [7, 11) is 3.10. The fourth-order valence-electron chi connectivity index (χ4n) is 3.34. The summed E-state index contributed by atoms with van der Waals surface area (Å²) in [5.74, 6) is 0.476. The highest BCUT2D eigenvalue weighted by Gasteiger charge is 2.51. The molecule has 152 valence electrons. The smallest absolute Gasteiger partial charge is 0.270 e. The summed E-state index contributed by atoms with van der Waals surface area (Å²) in [6.45, 7) is 0.426. The van der Waals surface area contributed by atoms with E-state index in [0.29, 0.717) is 18.3 Å². The molecular formula is C21H20BrN6O2+. The molecule has 0 aromatic heterocycles. The number of halogens is 1. The molecule has 8 nitrogen and oxygen atoms in total. The van der Waals surface area contributed by atoms with Crippen molar-refractivity contribution in [2.45, 2.75) is 12.6 Å². The van der Waals surface area contributed by atoms with Gasteiger partial charge in [-0.15, -0.1) is 5.10 Å². The molecule has 30 heavy (non-hydrogen) atoms. The molecule has 1 fully saturated rings. The number of rotatable bonds is 4. The van der Waals surface area contributed by atoms with E-state index in [-0.39, 0.29) is 5.91 Å². The van der Waals surface area contributed by atoms with E-state index >= 15 is 0 Å². The van der Waals surface area contributed by atoms with Crippen LogP contribution in [0.2, 0.25) is 0 Å². The zero-order chi connectivity index (χ0) is 21.3. The van der Waals surface area contributed by atoms with Crippen molar-refractivity contribution < 1.29 is 14.2 Å². The number of hydrazone groups is 1. The molecule has 9 heteroatoms. The number of hydrogen-bond donors (Lipinski definition) is 1. The van der Waals surface area contributed by atoms with Crippen LogP contribution in [0.15, 0.2) is 69.2 Å². The fourth-order valence-corrected chi connectivity index (χ4v) is 3.61. The third kappa shape index (κ3) is 3.76. The second kappa shape index (κ2) is 8.19. The van der Waals surface area contributed by atoms with Crippen LogP contribution in [0.3, 0.4) is 0 Å². The van der Waals surface area contributed by atoms with Gasteiger partial charge in [-0.25, -0.2) is 9.37 Å². The van der Waals surface area contributed by atoms with E-state index < -0.39 is 12.1 Å². The number of guanidine groups is 1. The zero-order valence-corrected chi connectivity index (χ0v) is 18.1. The van der Waals surface area contributed by atoms with E-state index in [1.165, 1.54) is 11.9 Å². The lowest BCUT2D eigenvalue weighted by atomic mass is 10.1. The average molecular weight is 468 g/mol. The van der Waals surface area contributed by atoms with Crippen molar-refractivity contribution in [3.05, 3.63) is 70.2 Å². The Labute approximate surface area is 182 Å². The SMILES string of the molecule is CN1C(=O)C2C(=NC(N/N=C/c3ccccc3)=[N+]2Cc2ccc(Br)cc2)N(C)C1=O. The molecule has 0 aliphatic carbocycles. The first-order valence-corrected chi connectivity index (χ1v) is 10.1. The molecule has 0 radical (unpaired) electrons. The second-order valence-corrected chi connectivity index (χ2v) is 7.89. The Morgan fingerprint density at radius 3 is 2.50 bits per heavy atom. The van der Waals surface area contributed by atoms with Gasteiger partial charge in [-0.3, -0.25) is 14.6 Å². The first-order chi connectivity index (χ1) is 14.5. The molecule has 0 bridgehead atoms. The van der Waals surface area contributed by atoms with Crippen molar-refractivity contribution in [2.24, 2.45) is 10.1 Å². The number of urea groups is 1. The van der Waals surface area contributed by atoms with Crippen molar-refractivity contribution in [1.29, 1.82) is 0 Å². The highest BCUT2D eigenvalue weighted by atomic mass is 79.9. The van der Waals surface area contributed by atoms with Gasteiger partial charge in [0.1, 0.15) is 0 Å². The first-order valence-electron chi connectivity index (χ1n) is 9.31. The van der Waals surface area contributed by atoms with E-state index in [9.17, 15) is 9.59 Å². The number of carbonyl (C=O) groups is 2. The number of imide groups is 1. The number of amidine groups is 1. The van der Waals surface area contributed by atoms with Crippen molar-refractivity contribution >= 4 is 45.9 Å². The second-order valence-electron chi connectivity index (χ2n) is 6.97. The number of hydrogen-bond acceptors (Lipinski definition) is 5. The number of carbonyl (C=O) groups excluding carboxylic acids is 2. The van der Waals surface area contributed by atoms with E-state index in [1.54, 1.807) is 13.3 Å². The zero-order valence-electron chi connectivity index (χ0n) is 16.5. The van der Waals surface area contributed by atoms with Crippen LogP contribution in [0, 0.1) is 0 Å². The van der Waals surface area contributed by atoms with Gasteiger partial charge in [0.05, 0.1) is 12.8 Å². The van der Waals surface area contributed by atoms with Gasteiger partial charge < -0.3 is 0 Å². The van der Waals surface area contributed by atoms with Gasteiger partial charge in [0.2, 0.25) is 11.9 Å². The Hall–Kier alpha value is -3.33. The Morgan fingerprint density at radius 1 is 1.10 bits per heavy atom. The largest absolute Gasteiger partial charge is 0.414 e. The van der Waals surface area contributed by atoms with Gasteiger partial charge in [-0.05, 0) is 23.3 Å². The average Bonchev–Trinajstić information content (AvgIpc) is 3.11. The highest BCUT2D eigenvalue weighted by Crippen LogP contribution is 2.21. The van der Waals surface area contributed by atoms with Gasteiger partial charge in [0, 0.05) is 18.6 Å². The summed E-state index contributed by atoms with van der Waals surface area (Å²) < 4.78 is 2.79. The number of fused-ring (bicyclic) bond motifs is 1. The minimum absolute atomic E-state index is 0.321. The third-order valence-electron chi connectivity index (χ3n) is 4.97. The normalized spacial score (nSPS) is 18.9. The van der Waals surface area contributed by atoms with Gasteiger partial charge >= 0.3 is 12.0 Å². The Kier molecular flexibility index (Phi) is 5.45. The Balaban J connectivity index is 1.68. The minimum Gasteiger partial charge on any atom is -0.270 e. The molecule has 3 amide bonds. The van der Waals surface area contributed by atoms with Crippen LogP contribution in [0.4, 0.5) is 4.79 Å². The maximum atomic E-state index is 12.9. The molecule has 1 saturated heterocycles. The highest BCUT2D eigenvalue weighted by molar-refractivity contribution is 9.10. The van der Waals surface area contributed by atoms with Crippen LogP contribution in [0.1, 0.15) is 11.1 Å². The number of amides is 3. The van der Waals surface area contributed by atoms with E-state index in [1.807, 2.05) is 59.2 Å². The number of nitrogens with zero attached hydrogens (tertiary/aromatic N) is 5. The first kappa shape index (κ1) is 20.0. The molecule has 2 aliphatic rings. The standard InChI is InChI=1S/C21H19BrN6O2/c1-26-18-17(19(29)27(2)21(26)30)28(13-15-8-10-16(22)11-9-15)20(24-18)25-23-12-14-6-4-3-5-7-14/h3-12,17H,13H2,1-2H3/p+1/b23-12+. The summed E-state index contributed by atoms with van der Waals surface area (Å²) in [5.41, 5.74) is 4.87. The summed E-state index contributed by atoms with van der Waals surface area (Å²) >= 11 is 3.44.